The first-order chi connectivity index (χ1) is 10.0. The van der Waals surface area contributed by atoms with E-state index in [1.165, 1.54) is 12.1 Å². The standard InChI is InChI=1S/C17H25F2NO/c1-4-21-17(9-7-12(2)8-10-17)16(20-3)14-11-13(18)5-6-15(14)19/h5-6,11-12,16,20H,4,7-10H2,1-3H3. The molecular weight excluding hydrogens is 272 g/mol. The third-order valence-corrected chi connectivity index (χ3v) is 4.64. The molecule has 1 saturated carbocycles. The number of nitrogens with one attached hydrogen (secondary N) is 1. The second kappa shape index (κ2) is 6.84. The van der Waals surface area contributed by atoms with Gasteiger partial charge in [-0.25, -0.2) is 8.78 Å². The van der Waals surface area contributed by atoms with Crippen LogP contribution in [0, 0.1) is 17.6 Å². The Bertz CT molecular complexity index is 470. The van der Waals surface area contributed by atoms with Gasteiger partial charge in [-0.2, -0.15) is 0 Å². The summed E-state index contributed by atoms with van der Waals surface area (Å²) >= 11 is 0. The normalized spacial score (nSPS) is 27.6. The van der Waals surface area contributed by atoms with E-state index < -0.39 is 11.4 Å². The maximum absolute atomic E-state index is 14.2. The zero-order chi connectivity index (χ0) is 15.5. The molecule has 0 saturated heterocycles. The maximum Gasteiger partial charge on any atom is 0.128 e. The van der Waals surface area contributed by atoms with Crippen LogP contribution in [0.4, 0.5) is 8.78 Å². The monoisotopic (exact) mass is 297 g/mol. The fourth-order valence-corrected chi connectivity index (χ4v) is 3.49. The Kier molecular flexibility index (Phi) is 5.33. The zero-order valence-corrected chi connectivity index (χ0v) is 13.1. The van der Waals surface area contributed by atoms with E-state index in [4.69, 9.17) is 4.74 Å². The van der Waals surface area contributed by atoms with Gasteiger partial charge in [0.1, 0.15) is 11.6 Å². The van der Waals surface area contributed by atoms with Gasteiger partial charge in [0.25, 0.3) is 0 Å². The van der Waals surface area contributed by atoms with E-state index in [9.17, 15) is 8.78 Å². The maximum atomic E-state index is 14.2. The Labute approximate surface area is 125 Å². The van der Waals surface area contributed by atoms with Gasteiger partial charge in [0.2, 0.25) is 0 Å². The van der Waals surface area contributed by atoms with Crippen molar-refractivity contribution in [3.63, 3.8) is 0 Å². The van der Waals surface area contributed by atoms with Crippen molar-refractivity contribution in [1.29, 1.82) is 0 Å². The third-order valence-electron chi connectivity index (χ3n) is 4.64. The second-order valence-corrected chi connectivity index (χ2v) is 6.07. The van der Waals surface area contributed by atoms with Crippen molar-refractivity contribution in [2.24, 2.45) is 5.92 Å². The number of likely N-dealkylation sites (N-methyl/N-ethyl adjacent to an activating group) is 1. The number of halogens is 2. The SMILES string of the molecule is CCOC1(C(NC)c2cc(F)ccc2F)CCC(C)CC1. The van der Waals surface area contributed by atoms with Gasteiger partial charge >= 0.3 is 0 Å². The topological polar surface area (TPSA) is 21.3 Å². The van der Waals surface area contributed by atoms with Crippen LogP contribution in [0.15, 0.2) is 18.2 Å². The summed E-state index contributed by atoms with van der Waals surface area (Å²) in [5.74, 6) is -0.135. The molecule has 1 aromatic rings. The van der Waals surface area contributed by atoms with Crippen molar-refractivity contribution in [3.8, 4) is 0 Å². The molecule has 0 bridgehead atoms. The molecule has 2 nitrogen and oxygen atoms in total. The fourth-order valence-electron chi connectivity index (χ4n) is 3.49. The predicted molar refractivity (Wildman–Crippen MR) is 80.1 cm³/mol. The molecule has 1 N–H and O–H groups in total. The largest absolute Gasteiger partial charge is 0.373 e. The average molecular weight is 297 g/mol. The Morgan fingerprint density at radius 3 is 2.57 bits per heavy atom. The lowest BCUT2D eigenvalue weighted by Crippen LogP contribution is -2.48. The van der Waals surface area contributed by atoms with Crippen LogP contribution in [-0.2, 0) is 4.74 Å². The van der Waals surface area contributed by atoms with Gasteiger partial charge in [-0.05, 0) is 63.8 Å². The van der Waals surface area contributed by atoms with Crippen LogP contribution in [-0.4, -0.2) is 19.3 Å². The number of ether oxygens (including phenoxy) is 1. The summed E-state index contributed by atoms with van der Waals surface area (Å²) in [5, 5.41) is 3.16. The first kappa shape index (κ1) is 16.4. The van der Waals surface area contributed by atoms with Gasteiger partial charge in [0.05, 0.1) is 11.6 Å². The highest BCUT2D eigenvalue weighted by atomic mass is 19.1. The minimum Gasteiger partial charge on any atom is -0.373 e. The van der Waals surface area contributed by atoms with Gasteiger partial charge in [0.15, 0.2) is 0 Å². The van der Waals surface area contributed by atoms with Gasteiger partial charge in [-0.1, -0.05) is 6.92 Å². The number of rotatable bonds is 5. The lowest BCUT2D eigenvalue weighted by atomic mass is 9.73. The highest BCUT2D eigenvalue weighted by Crippen LogP contribution is 2.43. The van der Waals surface area contributed by atoms with Crippen LogP contribution in [0.25, 0.3) is 0 Å². The second-order valence-electron chi connectivity index (χ2n) is 6.07. The molecule has 0 aliphatic heterocycles. The molecule has 0 radical (unpaired) electrons. The summed E-state index contributed by atoms with van der Waals surface area (Å²) in [6.45, 7) is 4.75. The Morgan fingerprint density at radius 2 is 2.00 bits per heavy atom. The first-order valence-electron chi connectivity index (χ1n) is 7.78. The molecular formula is C17H25F2NO. The van der Waals surface area contributed by atoms with E-state index in [0.717, 1.165) is 31.7 Å². The van der Waals surface area contributed by atoms with E-state index in [2.05, 4.69) is 12.2 Å². The van der Waals surface area contributed by atoms with Crippen molar-refractivity contribution in [2.45, 2.75) is 51.2 Å². The number of hydrogen-bond acceptors (Lipinski definition) is 2. The van der Waals surface area contributed by atoms with Crippen molar-refractivity contribution in [1.82, 2.24) is 5.32 Å². The molecule has 1 aromatic carbocycles. The van der Waals surface area contributed by atoms with Crippen LogP contribution in [0.2, 0.25) is 0 Å². The smallest absolute Gasteiger partial charge is 0.128 e. The van der Waals surface area contributed by atoms with Crippen LogP contribution in [0.1, 0.15) is 51.1 Å². The summed E-state index contributed by atoms with van der Waals surface area (Å²) in [6.07, 6.45) is 3.83. The van der Waals surface area contributed by atoms with E-state index >= 15 is 0 Å². The fraction of sp³-hybridized carbons (Fsp3) is 0.647. The first-order valence-corrected chi connectivity index (χ1v) is 7.78. The summed E-state index contributed by atoms with van der Waals surface area (Å²) < 4.78 is 33.8. The Morgan fingerprint density at radius 1 is 1.33 bits per heavy atom. The molecule has 1 unspecified atom stereocenters. The zero-order valence-electron chi connectivity index (χ0n) is 13.1. The van der Waals surface area contributed by atoms with Crippen LogP contribution < -0.4 is 5.32 Å². The van der Waals surface area contributed by atoms with Crippen molar-refractivity contribution >= 4 is 0 Å². The Balaban J connectivity index is 2.38. The molecule has 21 heavy (non-hydrogen) atoms. The van der Waals surface area contributed by atoms with E-state index in [0.29, 0.717) is 18.1 Å². The molecule has 0 spiro atoms. The molecule has 1 aliphatic carbocycles. The van der Waals surface area contributed by atoms with Crippen molar-refractivity contribution in [3.05, 3.63) is 35.4 Å². The molecule has 2 rings (SSSR count). The molecule has 1 fully saturated rings. The van der Waals surface area contributed by atoms with Gasteiger partial charge in [0, 0.05) is 12.2 Å². The van der Waals surface area contributed by atoms with Crippen LogP contribution in [0.3, 0.4) is 0 Å². The molecule has 1 atom stereocenters. The van der Waals surface area contributed by atoms with Crippen molar-refractivity contribution < 1.29 is 13.5 Å². The van der Waals surface area contributed by atoms with Crippen LogP contribution in [0.5, 0.6) is 0 Å². The summed E-state index contributed by atoms with van der Waals surface area (Å²) in [7, 11) is 1.79. The molecule has 0 heterocycles. The number of benzene rings is 1. The lowest BCUT2D eigenvalue weighted by Gasteiger charge is -2.45. The molecule has 0 amide bonds. The predicted octanol–water partition coefficient (Wildman–Crippen LogP) is 4.21. The molecule has 1 aliphatic rings. The van der Waals surface area contributed by atoms with Gasteiger partial charge in [-0.15, -0.1) is 0 Å². The van der Waals surface area contributed by atoms with E-state index in [-0.39, 0.29) is 11.9 Å². The Hall–Kier alpha value is -1.00. The van der Waals surface area contributed by atoms with Gasteiger partial charge < -0.3 is 10.1 Å². The molecule has 0 aromatic heterocycles. The summed E-state index contributed by atoms with van der Waals surface area (Å²) in [6, 6.07) is 3.30. The van der Waals surface area contributed by atoms with Crippen molar-refractivity contribution in [2.75, 3.05) is 13.7 Å². The average Bonchev–Trinajstić information content (AvgIpc) is 2.47. The highest BCUT2D eigenvalue weighted by Gasteiger charge is 2.43. The molecule has 118 valence electrons. The van der Waals surface area contributed by atoms with E-state index in [1.807, 2.05) is 6.92 Å². The van der Waals surface area contributed by atoms with E-state index in [1.54, 1.807) is 7.05 Å². The minimum absolute atomic E-state index is 0.333. The third kappa shape index (κ3) is 3.43. The summed E-state index contributed by atoms with van der Waals surface area (Å²) in [4.78, 5) is 0. The summed E-state index contributed by atoms with van der Waals surface area (Å²) in [5.41, 5.74) is -0.0921. The van der Waals surface area contributed by atoms with Crippen LogP contribution >= 0.6 is 0 Å². The quantitative estimate of drug-likeness (QED) is 0.879. The number of hydrogen-bond donors (Lipinski definition) is 1. The minimum atomic E-state index is -0.454. The molecule has 4 heteroatoms. The van der Waals surface area contributed by atoms with Gasteiger partial charge in [-0.3, -0.25) is 0 Å². The lowest BCUT2D eigenvalue weighted by molar-refractivity contribution is -0.0968. The highest BCUT2D eigenvalue weighted by molar-refractivity contribution is 5.26.